The van der Waals surface area contributed by atoms with Gasteiger partial charge in [-0.05, 0) is 17.7 Å². The van der Waals surface area contributed by atoms with Gasteiger partial charge in [0.1, 0.15) is 13.2 Å². The molecule has 88 valence electrons. The van der Waals surface area contributed by atoms with Crippen molar-refractivity contribution in [2.45, 2.75) is 0 Å². The second-order valence-electron chi connectivity index (χ2n) is 3.69. The summed E-state index contributed by atoms with van der Waals surface area (Å²) in [4.78, 5) is 0. The zero-order valence-corrected chi connectivity index (χ0v) is 9.40. The number of hydrogen-bond acceptors (Lipinski definition) is 4. The predicted octanol–water partition coefficient (Wildman–Crippen LogP) is 1.86. The zero-order valence-electron chi connectivity index (χ0n) is 9.40. The van der Waals surface area contributed by atoms with E-state index in [1.54, 1.807) is 13.3 Å². The molecule has 0 spiro atoms. The van der Waals surface area contributed by atoms with Gasteiger partial charge in [0.25, 0.3) is 0 Å². The van der Waals surface area contributed by atoms with Crippen LogP contribution in [0.5, 0.6) is 17.2 Å². The van der Waals surface area contributed by atoms with Crippen molar-refractivity contribution in [2.24, 2.45) is 0 Å². The molecule has 3 rings (SSSR count). The Labute approximate surface area is 98.3 Å². The first kappa shape index (κ1) is 10.0. The van der Waals surface area contributed by atoms with Gasteiger partial charge in [0.15, 0.2) is 11.5 Å². The molecule has 1 aliphatic heterocycles. The van der Waals surface area contributed by atoms with Gasteiger partial charge < -0.3 is 14.2 Å². The van der Waals surface area contributed by atoms with E-state index in [0.717, 1.165) is 11.1 Å². The number of aromatic amines is 1. The molecule has 2 aromatic rings. The van der Waals surface area contributed by atoms with Crippen LogP contribution in [0.2, 0.25) is 0 Å². The van der Waals surface area contributed by atoms with E-state index in [9.17, 15) is 0 Å². The van der Waals surface area contributed by atoms with Crippen LogP contribution in [0.15, 0.2) is 24.5 Å². The SMILES string of the molecule is COc1cc(-c2cn[nH]c2)cc2c1OCCO2. The first-order chi connectivity index (χ1) is 8.38. The van der Waals surface area contributed by atoms with E-state index in [4.69, 9.17) is 14.2 Å². The van der Waals surface area contributed by atoms with E-state index in [2.05, 4.69) is 10.2 Å². The number of nitrogens with one attached hydrogen (secondary N) is 1. The van der Waals surface area contributed by atoms with Crippen molar-refractivity contribution in [1.82, 2.24) is 10.2 Å². The smallest absolute Gasteiger partial charge is 0.203 e. The molecule has 0 amide bonds. The van der Waals surface area contributed by atoms with Crippen LogP contribution in [0.25, 0.3) is 11.1 Å². The highest BCUT2D eigenvalue weighted by atomic mass is 16.6. The lowest BCUT2D eigenvalue weighted by molar-refractivity contribution is 0.165. The van der Waals surface area contributed by atoms with E-state index in [1.807, 2.05) is 18.3 Å². The van der Waals surface area contributed by atoms with Gasteiger partial charge in [-0.2, -0.15) is 5.10 Å². The number of H-pyrrole nitrogens is 1. The van der Waals surface area contributed by atoms with E-state index in [0.29, 0.717) is 30.5 Å². The summed E-state index contributed by atoms with van der Waals surface area (Å²) in [6.45, 7) is 1.11. The Morgan fingerprint density at radius 1 is 1.24 bits per heavy atom. The van der Waals surface area contributed by atoms with Crippen molar-refractivity contribution >= 4 is 0 Å². The van der Waals surface area contributed by atoms with Crippen molar-refractivity contribution in [2.75, 3.05) is 20.3 Å². The molecular formula is C12H12N2O3. The maximum atomic E-state index is 5.57. The van der Waals surface area contributed by atoms with Gasteiger partial charge in [-0.1, -0.05) is 0 Å². The van der Waals surface area contributed by atoms with Crippen LogP contribution in [0.3, 0.4) is 0 Å². The van der Waals surface area contributed by atoms with Gasteiger partial charge in [0.2, 0.25) is 5.75 Å². The first-order valence-electron chi connectivity index (χ1n) is 5.35. The van der Waals surface area contributed by atoms with Gasteiger partial charge in [0, 0.05) is 11.8 Å². The maximum Gasteiger partial charge on any atom is 0.203 e. The Bertz CT molecular complexity index is 506. The lowest BCUT2D eigenvalue weighted by Gasteiger charge is -2.21. The van der Waals surface area contributed by atoms with Crippen LogP contribution in [0, 0.1) is 0 Å². The average molecular weight is 232 g/mol. The molecule has 17 heavy (non-hydrogen) atoms. The fourth-order valence-corrected chi connectivity index (χ4v) is 1.85. The Kier molecular flexibility index (Phi) is 2.36. The van der Waals surface area contributed by atoms with E-state index in [1.165, 1.54) is 0 Å². The Balaban J connectivity index is 2.12. The molecule has 0 fully saturated rings. The van der Waals surface area contributed by atoms with Gasteiger partial charge >= 0.3 is 0 Å². The molecule has 1 aromatic carbocycles. The predicted molar refractivity (Wildman–Crippen MR) is 61.6 cm³/mol. The zero-order chi connectivity index (χ0) is 11.7. The summed E-state index contributed by atoms with van der Waals surface area (Å²) in [6, 6.07) is 3.85. The van der Waals surface area contributed by atoms with Crippen molar-refractivity contribution in [3.63, 3.8) is 0 Å². The molecule has 1 aromatic heterocycles. The minimum Gasteiger partial charge on any atom is -0.493 e. The highest BCUT2D eigenvalue weighted by Gasteiger charge is 2.19. The summed E-state index contributed by atoms with van der Waals surface area (Å²) >= 11 is 0. The van der Waals surface area contributed by atoms with Crippen LogP contribution in [-0.2, 0) is 0 Å². The Hall–Kier alpha value is -2.17. The summed E-state index contributed by atoms with van der Waals surface area (Å²) in [6.07, 6.45) is 3.58. The second kappa shape index (κ2) is 4.01. The third-order valence-electron chi connectivity index (χ3n) is 2.66. The number of fused-ring (bicyclic) bond motifs is 1. The number of rotatable bonds is 2. The normalized spacial score (nSPS) is 13.5. The maximum absolute atomic E-state index is 5.57. The summed E-state index contributed by atoms with van der Waals surface area (Å²) in [7, 11) is 1.62. The molecular weight excluding hydrogens is 220 g/mol. The summed E-state index contributed by atoms with van der Waals surface area (Å²) in [5, 5.41) is 6.71. The molecule has 2 heterocycles. The standard InChI is InChI=1S/C12H12N2O3/c1-15-10-4-8(9-6-13-14-7-9)5-11-12(10)17-3-2-16-11/h4-7H,2-3H2,1H3,(H,13,14). The van der Waals surface area contributed by atoms with Gasteiger partial charge in [-0.15, -0.1) is 0 Å². The lowest BCUT2D eigenvalue weighted by atomic mass is 10.1. The molecule has 1 aliphatic rings. The molecule has 0 bridgehead atoms. The highest BCUT2D eigenvalue weighted by molar-refractivity contribution is 5.70. The fourth-order valence-electron chi connectivity index (χ4n) is 1.85. The van der Waals surface area contributed by atoms with E-state index in [-0.39, 0.29) is 0 Å². The number of hydrogen-bond donors (Lipinski definition) is 1. The number of aromatic nitrogens is 2. The molecule has 0 radical (unpaired) electrons. The monoisotopic (exact) mass is 232 g/mol. The summed E-state index contributed by atoms with van der Waals surface area (Å²) in [5.41, 5.74) is 1.97. The van der Waals surface area contributed by atoms with Crippen LogP contribution < -0.4 is 14.2 Å². The van der Waals surface area contributed by atoms with Gasteiger partial charge in [0.05, 0.1) is 13.3 Å². The molecule has 5 heteroatoms. The van der Waals surface area contributed by atoms with Crippen LogP contribution in [0.1, 0.15) is 0 Å². The van der Waals surface area contributed by atoms with Crippen molar-refractivity contribution in [3.05, 3.63) is 24.5 Å². The van der Waals surface area contributed by atoms with Gasteiger partial charge in [-0.3, -0.25) is 5.10 Å². The molecule has 0 unspecified atom stereocenters. The largest absolute Gasteiger partial charge is 0.493 e. The summed E-state index contributed by atoms with van der Waals surface area (Å²) in [5.74, 6) is 2.07. The number of ether oxygens (including phenoxy) is 3. The average Bonchev–Trinajstić information content (AvgIpc) is 2.91. The van der Waals surface area contributed by atoms with Crippen molar-refractivity contribution < 1.29 is 14.2 Å². The second-order valence-corrected chi connectivity index (χ2v) is 3.69. The minimum absolute atomic E-state index is 0.550. The van der Waals surface area contributed by atoms with Crippen molar-refractivity contribution in [3.8, 4) is 28.4 Å². The Morgan fingerprint density at radius 2 is 2.12 bits per heavy atom. The molecule has 5 nitrogen and oxygen atoms in total. The first-order valence-corrected chi connectivity index (χ1v) is 5.35. The molecule has 1 N–H and O–H groups in total. The molecule has 0 aliphatic carbocycles. The number of nitrogens with zero attached hydrogens (tertiary/aromatic N) is 1. The van der Waals surface area contributed by atoms with Crippen LogP contribution >= 0.6 is 0 Å². The number of methoxy groups -OCH3 is 1. The van der Waals surface area contributed by atoms with Crippen molar-refractivity contribution in [1.29, 1.82) is 0 Å². The Morgan fingerprint density at radius 3 is 2.88 bits per heavy atom. The fraction of sp³-hybridized carbons (Fsp3) is 0.250. The topological polar surface area (TPSA) is 56.4 Å². The highest BCUT2D eigenvalue weighted by Crippen LogP contribution is 2.42. The van der Waals surface area contributed by atoms with E-state index < -0.39 is 0 Å². The summed E-state index contributed by atoms with van der Waals surface area (Å²) < 4.78 is 16.4. The van der Waals surface area contributed by atoms with E-state index >= 15 is 0 Å². The van der Waals surface area contributed by atoms with Crippen LogP contribution in [0.4, 0.5) is 0 Å². The lowest BCUT2D eigenvalue weighted by Crippen LogP contribution is -2.16. The quantitative estimate of drug-likeness (QED) is 0.858. The molecule has 0 atom stereocenters. The minimum atomic E-state index is 0.550. The van der Waals surface area contributed by atoms with Crippen LogP contribution in [-0.4, -0.2) is 30.5 Å². The van der Waals surface area contributed by atoms with Gasteiger partial charge in [-0.25, -0.2) is 0 Å². The molecule has 0 saturated carbocycles. The third kappa shape index (κ3) is 1.69. The molecule has 0 saturated heterocycles. The number of benzene rings is 1. The third-order valence-corrected chi connectivity index (χ3v) is 2.66.